The van der Waals surface area contributed by atoms with Crippen LogP contribution in [0.5, 0.6) is 0 Å². The third kappa shape index (κ3) is 5.55. The Labute approximate surface area is 137 Å². The molecular weight excluding hydrogens is 305 g/mol. The molecule has 0 aromatic heterocycles. The molecule has 124 valence electrons. The Kier molecular flexibility index (Phi) is 7.79. The molecule has 2 rings (SSSR count). The van der Waals surface area contributed by atoms with Gasteiger partial charge in [0.1, 0.15) is 5.82 Å². The summed E-state index contributed by atoms with van der Waals surface area (Å²) in [6.07, 6.45) is 2.66. The van der Waals surface area contributed by atoms with Gasteiger partial charge in [0.05, 0.1) is 5.69 Å². The van der Waals surface area contributed by atoms with E-state index in [0.717, 1.165) is 25.9 Å². The number of hydrogen-bond acceptors (Lipinski definition) is 3. The van der Waals surface area contributed by atoms with Crippen LogP contribution in [0.25, 0.3) is 0 Å². The number of anilines is 1. The minimum Gasteiger partial charge on any atom is -0.328 e. The molecule has 1 aromatic rings. The average molecular weight is 330 g/mol. The first-order chi connectivity index (χ1) is 10.1. The van der Waals surface area contributed by atoms with Crippen molar-refractivity contribution in [1.29, 1.82) is 0 Å². The van der Waals surface area contributed by atoms with Crippen LogP contribution in [0, 0.1) is 11.7 Å². The number of nitrogens with two attached hydrogens (primary N) is 1. The largest absolute Gasteiger partial charge is 0.328 e. The maximum atomic E-state index is 13.4. The summed E-state index contributed by atoms with van der Waals surface area (Å²) in [5.41, 5.74) is 6.20. The number of likely N-dealkylation sites (tertiary alicyclic amines) is 1. The van der Waals surface area contributed by atoms with Gasteiger partial charge in [0.2, 0.25) is 5.91 Å². The number of piperidine rings is 1. The molecule has 3 N–H and O–H groups in total. The molecule has 0 saturated carbocycles. The minimum atomic E-state index is -0.402. The molecule has 0 aliphatic carbocycles. The zero-order chi connectivity index (χ0) is 15.2. The summed E-state index contributed by atoms with van der Waals surface area (Å²) in [6.45, 7) is 4.70. The second kappa shape index (κ2) is 9.08. The third-order valence-electron chi connectivity index (χ3n) is 4.09. The van der Waals surface area contributed by atoms with Crippen LogP contribution in [-0.2, 0) is 4.79 Å². The van der Waals surface area contributed by atoms with Crippen molar-refractivity contribution >= 4 is 24.0 Å². The van der Waals surface area contributed by atoms with Crippen molar-refractivity contribution < 1.29 is 9.18 Å². The lowest BCUT2D eigenvalue weighted by Gasteiger charge is -2.34. The number of hydrogen-bond donors (Lipinski definition) is 2. The van der Waals surface area contributed by atoms with Crippen molar-refractivity contribution in [2.24, 2.45) is 11.7 Å². The summed E-state index contributed by atoms with van der Waals surface area (Å²) in [5.74, 6) is -0.0442. The Balaban J connectivity index is 0.00000242. The third-order valence-corrected chi connectivity index (χ3v) is 4.09. The van der Waals surface area contributed by atoms with Crippen LogP contribution in [0.1, 0.15) is 26.2 Å². The van der Waals surface area contributed by atoms with E-state index in [9.17, 15) is 9.18 Å². The number of carbonyl (C=O) groups is 1. The second-order valence-electron chi connectivity index (χ2n) is 5.84. The van der Waals surface area contributed by atoms with Crippen molar-refractivity contribution in [2.45, 2.75) is 32.2 Å². The van der Waals surface area contributed by atoms with E-state index in [1.807, 2.05) is 6.92 Å². The summed E-state index contributed by atoms with van der Waals surface area (Å²) >= 11 is 0. The minimum absolute atomic E-state index is 0. The van der Waals surface area contributed by atoms with E-state index in [1.165, 1.54) is 6.07 Å². The van der Waals surface area contributed by atoms with Gasteiger partial charge in [0.15, 0.2) is 0 Å². The molecule has 1 aliphatic rings. The van der Waals surface area contributed by atoms with Gasteiger partial charge < -0.3 is 16.0 Å². The van der Waals surface area contributed by atoms with Crippen LogP contribution < -0.4 is 11.1 Å². The predicted octanol–water partition coefficient (Wildman–Crippen LogP) is 2.64. The van der Waals surface area contributed by atoms with Crippen molar-refractivity contribution in [2.75, 3.05) is 25.0 Å². The number of nitrogens with zero attached hydrogens (tertiary/aromatic N) is 1. The Morgan fingerprint density at radius 1 is 1.50 bits per heavy atom. The van der Waals surface area contributed by atoms with Crippen LogP contribution >= 0.6 is 12.4 Å². The number of rotatable bonds is 5. The Hall–Kier alpha value is -1.17. The Bertz CT molecular complexity index is 484. The summed E-state index contributed by atoms with van der Waals surface area (Å²) < 4.78 is 13.4. The average Bonchev–Trinajstić information content (AvgIpc) is 2.48. The number of benzene rings is 1. The van der Waals surface area contributed by atoms with Crippen molar-refractivity contribution in [1.82, 2.24) is 4.90 Å². The van der Waals surface area contributed by atoms with Crippen molar-refractivity contribution in [3.63, 3.8) is 0 Å². The van der Waals surface area contributed by atoms with Gasteiger partial charge in [-0.3, -0.25) is 4.79 Å². The molecule has 2 unspecified atom stereocenters. The molecule has 0 radical (unpaired) electrons. The van der Waals surface area contributed by atoms with E-state index in [4.69, 9.17) is 5.73 Å². The first-order valence-corrected chi connectivity index (χ1v) is 7.58. The number of para-hydroxylation sites is 1. The molecular formula is C16H25ClFN3O. The van der Waals surface area contributed by atoms with Gasteiger partial charge in [0.25, 0.3) is 0 Å². The first-order valence-electron chi connectivity index (χ1n) is 7.58. The van der Waals surface area contributed by atoms with Gasteiger partial charge in [-0.1, -0.05) is 12.1 Å². The van der Waals surface area contributed by atoms with Crippen LogP contribution in [0.2, 0.25) is 0 Å². The van der Waals surface area contributed by atoms with Gasteiger partial charge in [-0.25, -0.2) is 4.39 Å². The highest BCUT2D eigenvalue weighted by molar-refractivity contribution is 5.90. The van der Waals surface area contributed by atoms with E-state index in [2.05, 4.69) is 10.2 Å². The normalized spacial score (nSPS) is 20.0. The van der Waals surface area contributed by atoms with Crippen molar-refractivity contribution in [3.05, 3.63) is 30.1 Å². The van der Waals surface area contributed by atoms with Gasteiger partial charge in [-0.05, 0) is 44.4 Å². The van der Waals surface area contributed by atoms with Crippen molar-refractivity contribution in [3.8, 4) is 0 Å². The molecule has 1 saturated heterocycles. The molecule has 22 heavy (non-hydrogen) atoms. The number of carbonyl (C=O) groups excluding carboxylic acids is 1. The molecule has 0 bridgehead atoms. The number of nitrogens with one attached hydrogen (secondary N) is 1. The highest BCUT2D eigenvalue weighted by atomic mass is 35.5. The lowest BCUT2D eigenvalue weighted by atomic mass is 9.92. The summed E-state index contributed by atoms with van der Waals surface area (Å²) in [5, 5.41) is 2.62. The highest BCUT2D eigenvalue weighted by Crippen LogP contribution is 2.19. The monoisotopic (exact) mass is 329 g/mol. The molecule has 4 nitrogen and oxygen atoms in total. The smallest absolute Gasteiger partial charge is 0.225 e. The second-order valence-corrected chi connectivity index (χ2v) is 5.84. The maximum Gasteiger partial charge on any atom is 0.225 e. The first kappa shape index (κ1) is 18.9. The molecule has 0 spiro atoms. The summed E-state index contributed by atoms with van der Waals surface area (Å²) in [7, 11) is 0. The van der Waals surface area contributed by atoms with E-state index in [-0.39, 0.29) is 30.0 Å². The molecule has 2 atom stereocenters. The number of halogens is 2. The molecule has 1 aromatic carbocycles. The maximum absolute atomic E-state index is 13.4. The van der Waals surface area contributed by atoms with Gasteiger partial charge in [-0.15, -0.1) is 12.4 Å². The lowest BCUT2D eigenvalue weighted by molar-refractivity contribution is -0.116. The quantitative estimate of drug-likeness (QED) is 0.873. The lowest BCUT2D eigenvalue weighted by Crippen LogP contribution is -2.43. The van der Waals surface area contributed by atoms with Gasteiger partial charge in [-0.2, -0.15) is 0 Å². The zero-order valence-corrected chi connectivity index (χ0v) is 13.7. The standard InChI is InChI=1S/C16H24FN3O.ClH/c1-12(18)13-5-4-9-20(11-13)10-8-16(21)19-15-7-3-2-6-14(15)17;/h2-3,6-7,12-13H,4-5,8-11,18H2,1H3,(H,19,21);1H. The molecule has 1 heterocycles. The molecule has 1 fully saturated rings. The van der Waals surface area contributed by atoms with E-state index in [0.29, 0.717) is 18.9 Å². The SMILES string of the molecule is CC(N)C1CCCN(CCC(=O)Nc2ccccc2F)C1.Cl. The zero-order valence-electron chi connectivity index (χ0n) is 12.9. The fourth-order valence-electron chi connectivity index (χ4n) is 2.76. The molecule has 1 aliphatic heterocycles. The summed E-state index contributed by atoms with van der Waals surface area (Å²) in [6, 6.07) is 6.41. The van der Waals surface area contributed by atoms with Gasteiger partial charge >= 0.3 is 0 Å². The Morgan fingerprint density at radius 3 is 2.91 bits per heavy atom. The molecule has 6 heteroatoms. The van der Waals surface area contributed by atoms with Crippen LogP contribution in [0.3, 0.4) is 0 Å². The van der Waals surface area contributed by atoms with Gasteiger partial charge in [0, 0.05) is 25.6 Å². The predicted molar refractivity (Wildman–Crippen MR) is 89.7 cm³/mol. The van der Waals surface area contributed by atoms with E-state index < -0.39 is 5.82 Å². The Morgan fingerprint density at radius 2 is 2.23 bits per heavy atom. The van der Waals surface area contributed by atoms with Crippen LogP contribution in [0.15, 0.2) is 24.3 Å². The van der Waals surface area contributed by atoms with E-state index in [1.54, 1.807) is 18.2 Å². The van der Waals surface area contributed by atoms with Crippen LogP contribution in [-0.4, -0.2) is 36.5 Å². The summed E-state index contributed by atoms with van der Waals surface area (Å²) in [4.78, 5) is 14.2. The van der Waals surface area contributed by atoms with E-state index >= 15 is 0 Å². The topological polar surface area (TPSA) is 58.4 Å². The highest BCUT2D eigenvalue weighted by Gasteiger charge is 2.22. The molecule has 1 amide bonds. The van der Waals surface area contributed by atoms with Crippen LogP contribution in [0.4, 0.5) is 10.1 Å². The fraction of sp³-hybridized carbons (Fsp3) is 0.562. The fourth-order valence-corrected chi connectivity index (χ4v) is 2.76. The number of amides is 1.